The second kappa shape index (κ2) is 4.42. The molecule has 0 radical (unpaired) electrons. The summed E-state index contributed by atoms with van der Waals surface area (Å²) in [6.07, 6.45) is 0. The number of nitrogen functional groups attached to an aromatic ring is 2. The number of nitrogens with zero attached hydrogens (tertiary/aromatic N) is 2. The summed E-state index contributed by atoms with van der Waals surface area (Å²) in [4.78, 5) is 21.1. The van der Waals surface area contributed by atoms with Crippen LogP contribution < -0.4 is 11.5 Å². The molecule has 0 bridgehead atoms. The minimum absolute atomic E-state index is 0.0668. The van der Waals surface area contributed by atoms with Crippen LogP contribution in [0.2, 0.25) is 0 Å². The summed E-state index contributed by atoms with van der Waals surface area (Å²) in [6.45, 7) is 3.85. The Balaban J connectivity index is 2.38. The van der Waals surface area contributed by atoms with Gasteiger partial charge in [-0.05, 0) is 34.4 Å². The highest BCUT2D eigenvalue weighted by Crippen LogP contribution is 2.52. The fourth-order valence-electron chi connectivity index (χ4n) is 3.15. The molecule has 0 spiro atoms. The lowest BCUT2D eigenvalue weighted by molar-refractivity contribution is -0.384. The molecule has 0 heterocycles. The molecule has 3 rings (SSSR count). The predicted molar refractivity (Wildman–Crippen MR) is 86.1 cm³/mol. The number of nitro benzene ring substituents is 2. The fourth-order valence-corrected chi connectivity index (χ4v) is 3.15. The van der Waals surface area contributed by atoms with Crippen molar-refractivity contribution in [3.8, 4) is 11.1 Å². The van der Waals surface area contributed by atoms with E-state index in [9.17, 15) is 20.2 Å². The van der Waals surface area contributed by atoms with Crippen molar-refractivity contribution in [1.29, 1.82) is 0 Å². The van der Waals surface area contributed by atoms with Gasteiger partial charge in [-0.3, -0.25) is 20.2 Å². The Morgan fingerprint density at radius 2 is 1.17 bits per heavy atom. The number of benzene rings is 2. The van der Waals surface area contributed by atoms with Gasteiger partial charge in [-0.25, -0.2) is 0 Å². The number of nitro groups is 2. The van der Waals surface area contributed by atoms with Gasteiger partial charge < -0.3 is 11.5 Å². The Hall–Kier alpha value is -3.16. The second-order valence-electron chi connectivity index (χ2n) is 6.05. The molecule has 2 aromatic carbocycles. The van der Waals surface area contributed by atoms with Crippen LogP contribution in [0.4, 0.5) is 22.7 Å². The van der Waals surface area contributed by atoms with E-state index in [4.69, 9.17) is 11.5 Å². The third-order valence-corrected chi connectivity index (χ3v) is 4.36. The largest absolute Gasteiger partial charge is 0.393 e. The Morgan fingerprint density at radius 1 is 0.826 bits per heavy atom. The zero-order valence-electron chi connectivity index (χ0n) is 12.5. The Kier molecular flexibility index (Phi) is 2.84. The zero-order valence-corrected chi connectivity index (χ0v) is 12.5. The van der Waals surface area contributed by atoms with Crippen LogP contribution in [0, 0.1) is 20.2 Å². The quantitative estimate of drug-likeness (QED) is 0.496. The molecular weight excluding hydrogens is 300 g/mol. The molecule has 0 atom stereocenters. The van der Waals surface area contributed by atoms with E-state index in [0.29, 0.717) is 11.1 Å². The first-order chi connectivity index (χ1) is 10.6. The van der Waals surface area contributed by atoms with Gasteiger partial charge in [0.15, 0.2) is 0 Å². The molecule has 8 nitrogen and oxygen atoms in total. The van der Waals surface area contributed by atoms with E-state index in [1.54, 1.807) is 12.1 Å². The fraction of sp³-hybridized carbons (Fsp3) is 0.200. The van der Waals surface area contributed by atoms with E-state index in [0.717, 1.165) is 11.1 Å². The predicted octanol–water partition coefficient (Wildman–Crippen LogP) is 2.97. The van der Waals surface area contributed by atoms with Gasteiger partial charge in [0.2, 0.25) is 0 Å². The highest BCUT2D eigenvalue weighted by Gasteiger charge is 2.39. The monoisotopic (exact) mass is 314 g/mol. The number of hydrogen-bond donors (Lipinski definition) is 2. The van der Waals surface area contributed by atoms with Crippen LogP contribution >= 0.6 is 0 Å². The highest BCUT2D eigenvalue weighted by atomic mass is 16.6. The maximum absolute atomic E-state index is 11.1. The molecule has 0 saturated carbocycles. The molecule has 1 aliphatic rings. The van der Waals surface area contributed by atoms with E-state index >= 15 is 0 Å². The molecule has 0 aromatic heterocycles. The van der Waals surface area contributed by atoms with Gasteiger partial charge in [-0.1, -0.05) is 13.8 Å². The first kappa shape index (κ1) is 14.8. The molecule has 0 amide bonds. The summed E-state index contributed by atoms with van der Waals surface area (Å²) in [6, 6.07) is 5.88. The summed E-state index contributed by atoms with van der Waals surface area (Å²) in [7, 11) is 0. The van der Waals surface area contributed by atoms with E-state index in [1.165, 1.54) is 12.1 Å². The molecule has 4 N–H and O–H groups in total. The van der Waals surface area contributed by atoms with Crippen LogP contribution in [0.25, 0.3) is 11.1 Å². The summed E-state index contributed by atoms with van der Waals surface area (Å²) in [5, 5.41) is 22.2. The van der Waals surface area contributed by atoms with Gasteiger partial charge >= 0.3 is 0 Å². The number of anilines is 2. The first-order valence-electron chi connectivity index (χ1n) is 6.81. The van der Waals surface area contributed by atoms with Crippen LogP contribution in [0.3, 0.4) is 0 Å². The van der Waals surface area contributed by atoms with Gasteiger partial charge in [0.05, 0.1) is 9.85 Å². The average Bonchev–Trinajstić information content (AvgIpc) is 2.65. The average molecular weight is 314 g/mol. The highest BCUT2D eigenvalue weighted by molar-refractivity contribution is 5.88. The lowest BCUT2D eigenvalue weighted by Gasteiger charge is -2.21. The Bertz CT molecular complexity index is 818. The standard InChI is InChI=1S/C15H14N4O4/c1-15(2)9-5-11(16)13(18(20)21)3-7(9)8-4-14(19(22)23)12(17)6-10(8)15/h3-6H,16-17H2,1-2H3. The molecule has 0 unspecified atom stereocenters. The summed E-state index contributed by atoms with van der Waals surface area (Å²) < 4.78 is 0. The molecule has 0 saturated heterocycles. The minimum atomic E-state index is -0.563. The number of fused-ring (bicyclic) bond motifs is 3. The summed E-state index contributed by atoms with van der Waals surface area (Å²) in [5.74, 6) is 0. The summed E-state index contributed by atoms with van der Waals surface area (Å²) >= 11 is 0. The van der Waals surface area contributed by atoms with Gasteiger partial charge in [-0.2, -0.15) is 0 Å². The SMILES string of the molecule is CC1(C)c2cc(N)c([N+](=O)[O-])cc2-c2cc([N+](=O)[O-])c(N)cc21. The van der Waals surface area contributed by atoms with Crippen molar-refractivity contribution in [3.05, 3.63) is 55.6 Å². The van der Waals surface area contributed by atoms with Crippen LogP contribution in [-0.2, 0) is 5.41 Å². The van der Waals surface area contributed by atoms with E-state index < -0.39 is 15.3 Å². The lowest BCUT2D eigenvalue weighted by atomic mass is 9.82. The third kappa shape index (κ3) is 1.91. The van der Waals surface area contributed by atoms with Crippen molar-refractivity contribution in [1.82, 2.24) is 0 Å². The lowest BCUT2D eigenvalue weighted by Crippen LogP contribution is -2.16. The van der Waals surface area contributed by atoms with Crippen molar-refractivity contribution >= 4 is 22.7 Å². The van der Waals surface area contributed by atoms with E-state index in [-0.39, 0.29) is 22.7 Å². The maximum atomic E-state index is 11.1. The van der Waals surface area contributed by atoms with Gasteiger partial charge in [0, 0.05) is 17.5 Å². The normalized spacial score (nSPS) is 14.2. The molecule has 0 fully saturated rings. The van der Waals surface area contributed by atoms with Crippen molar-refractivity contribution in [3.63, 3.8) is 0 Å². The molecule has 2 aromatic rings. The molecule has 23 heavy (non-hydrogen) atoms. The second-order valence-corrected chi connectivity index (χ2v) is 6.05. The number of nitrogens with two attached hydrogens (primary N) is 2. The smallest absolute Gasteiger partial charge is 0.292 e. The molecule has 0 aliphatic heterocycles. The van der Waals surface area contributed by atoms with Gasteiger partial charge in [0.1, 0.15) is 11.4 Å². The van der Waals surface area contributed by atoms with Crippen LogP contribution in [0.1, 0.15) is 25.0 Å². The van der Waals surface area contributed by atoms with Gasteiger partial charge in [0.25, 0.3) is 11.4 Å². The van der Waals surface area contributed by atoms with E-state index in [2.05, 4.69) is 0 Å². The topological polar surface area (TPSA) is 138 Å². The third-order valence-electron chi connectivity index (χ3n) is 4.36. The minimum Gasteiger partial charge on any atom is -0.393 e. The van der Waals surface area contributed by atoms with E-state index in [1.807, 2.05) is 13.8 Å². The van der Waals surface area contributed by atoms with Crippen LogP contribution in [-0.4, -0.2) is 9.85 Å². The Labute approximate surface area is 131 Å². The number of hydrogen-bond acceptors (Lipinski definition) is 6. The maximum Gasteiger partial charge on any atom is 0.292 e. The molecule has 118 valence electrons. The van der Waals surface area contributed by atoms with Crippen molar-refractivity contribution in [2.45, 2.75) is 19.3 Å². The van der Waals surface area contributed by atoms with Crippen LogP contribution in [0.15, 0.2) is 24.3 Å². The van der Waals surface area contributed by atoms with Gasteiger partial charge in [-0.15, -0.1) is 0 Å². The first-order valence-corrected chi connectivity index (χ1v) is 6.81. The molecule has 1 aliphatic carbocycles. The van der Waals surface area contributed by atoms with Crippen molar-refractivity contribution in [2.75, 3.05) is 11.5 Å². The van der Waals surface area contributed by atoms with Crippen molar-refractivity contribution < 1.29 is 9.85 Å². The number of rotatable bonds is 2. The van der Waals surface area contributed by atoms with Crippen molar-refractivity contribution in [2.24, 2.45) is 0 Å². The molecule has 8 heteroatoms. The molecular formula is C15H14N4O4. The summed E-state index contributed by atoms with van der Waals surface area (Å²) in [5.41, 5.74) is 13.5. The zero-order chi connectivity index (χ0) is 17.1. The van der Waals surface area contributed by atoms with Crippen LogP contribution in [0.5, 0.6) is 0 Å². The Morgan fingerprint density at radius 3 is 1.48 bits per heavy atom.